The second kappa shape index (κ2) is 7.99. The number of amides is 2. The molecule has 130 valence electrons. The van der Waals surface area contributed by atoms with E-state index in [2.05, 4.69) is 10.1 Å². The first kappa shape index (κ1) is 19.0. The van der Waals surface area contributed by atoms with Gasteiger partial charge in [-0.2, -0.15) is 0 Å². The Morgan fingerprint density at radius 3 is 2.43 bits per heavy atom. The predicted molar refractivity (Wildman–Crippen MR) is 84.7 cm³/mol. The van der Waals surface area contributed by atoms with Gasteiger partial charge in [-0.05, 0) is 33.6 Å². The van der Waals surface area contributed by atoms with Gasteiger partial charge < -0.3 is 14.8 Å². The first-order chi connectivity index (χ1) is 10.7. The maximum atomic E-state index is 12.3. The molecule has 1 N–H and O–H groups in total. The molecule has 0 saturated carbocycles. The Morgan fingerprint density at radius 2 is 2.00 bits per heavy atom. The molecule has 1 aliphatic rings. The van der Waals surface area contributed by atoms with E-state index in [-0.39, 0.29) is 11.9 Å². The molecule has 0 aliphatic carbocycles. The number of esters is 1. The van der Waals surface area contributed by atoms with E-state index in [4.69, 9.17) is 4.74 Å². The standard InChI is InChI=1S/C16H26N2O5/c1-6-11(7-8-13(19)22-5)17-14(20)12-9-10-18(12)15(21)23-16(2,3)4/h7-8,11-12H,6,9-10H2,1-5H3,(H,17,20)/t11-,12-/m0/s1. The Hall–Kier alpha value is -2.05. The molecule has 0 aromatic rings. The van der Waals surface area contributed by atoms with Crippen LogP contribution in [0, 0.1) is 0 Å². The number of rotatable bonds is 5. The Bertz CT molecular complexity index is 481. The minimum Gasteiger partial charge on any atom is -0.466 e. The molecule has 1 heterocycles. The Morgan fingerprint density at radius 1 is 1.35 bits per heavy atom. The van der Waals surface area contributed by atoms with Gasteiger partial charge in [-0.25, -0.2) is 9.59 Å². The van der Waals surface area contributed by atoms with Gasteiger partial charge in [0.15, 0.2) is 0 Å². The zero-order valence-corrected chi connectivity index (χ0v) is 14.4. The van der Waals surface area contributed by atoms with Crippen molar-refractivity contribution >= 4 is 18.0 Å². The second-order valence-electron chi connectivity index (χ2n) is 6.38. The number of carbonyl (C=O) groups is 3. The molecule has 0 unspecified atom stereocenters. The Balaban J connectivity index is 2.58. The van der Waals surface area contributed by atoms with Crippen LogP contribution in [-0.2, 0) is 19.1 Å². The maximum Gasteiger partial charge on any atom is 0.410 e. The first-order valence-electron chi connectivity index (χ1n) is 7.74. The molecule has 0 aromatic heterocycles. The zero-order chi connectivity index (χ0) is 17.6. The van der Waals surface area contributed by atoms with Crippen LogP contribution in [-0.4, -0.2) is 54.2 Å². The SMILES string of the molecule is CC[C@@H](C=CC(=O)OC)NC(=O)[C@@H]1CCN1C(=O)OC(C)(C)C. The topological polar surface area (TPSA) is 84.9 Å². The normalized spacial score (nSPS) is 19.0. The molecular weight excluding hydrogens is 300 g/mol. The average Bonchev–Trinajstić information content (AvgIpc) is 2.39. The van der Waals surface area contributed by atoms with E-state index < -0.39 is 23.7 Å². The summed E-state index contributed by atoms with van der Waals surface area (Å²) in [5, 5.41) is 2.81. The maximum absolute atomic E-state index is 12.3. The van der Waals surface area contributed by atoms with Crippen molar-refractivity contribution in [1.29, 1.82) is 0 Å². The van der Waals surface area contributed by atoms with Crippen LogP contribution in [0.15, 0.2) is 12.2 Å². The lowest BCUT2D eigenvalue weighted by Crippen LogP contribution is -2.60. The molecule has 0 bridgehead atoms. The molecule has 1 saturated heterocycles. The zero-order valence-electron chi connectivity index (χ0n) is 14.4. The van der Waals surface area contributed by atoms with Gasteiger partial charge in [-0.3, -0.25) is 9.69 Å². The van der Waals surface area contributed by atoms with Crippen molar-refractivity contribution < 1.29 is 23.9 Å². The van der Waals surface area contributed by atoms with Crippen LogP contribution in [0.1, 0.15) is 40.5 Å². The van der Waals surface area contributed by atoms with Gasteiger partial charge in [0.25, 0.3) is 0 Å². The highest BCUT2D eigenvalue weighted by Crippen LogP contribution is 2.21. The molecule has 2 atom stereocenters. The number of methoxy groups -OCH3 is 1. The fourth-order valence-electron chi connectivity index (χ4n) is 2.03. The van der Waals surface area contributed by atoms with Crippen LogP contribution in [0.5, 0.6) is 0 Å². The lowest BCUT2D eigenvalue weighted by atomic mass is 10.0. The van der Waals surface area contributed by atoms with Crippen LogP contribution < -0.4 is 5.32 Å². The number of nitrogens with zero attached hydrogens (tertiary/aromatic N) is 1. The summed E-state index contributed by atoms with van der Waals surface area (Å²) in [5.41, 5.74) is -0.594. The molecule has 0 spiro atoms. The summed E-state index contributed by atoms with van der Waals surface area (Å²) in [7, 11) is 1.29. The third-order valence-corrected chi connectivity index (χ3v) is 3.38. The van der Waals surface area contributed by atoms with E-state index in [1.165, 1.54) is 18.1 Å². The van der Waals surface area contributed by atoms with Crippen LogP contribution in [0.2, 0.25) is 0 Å². The van der Waals surface area contributed by atoms with Crippen molar-refractivity contribution in [3.05, 3.63) is 12.2 Å². The fraction of sp³-hybridized carbons (Fsp3) is 0.688. The minimum absolute atomic E-state index is 0.247. The molecule has 1 rings (SSSR count). The first-order valence-corrected chi connectivity index (χ1v) is 7.74. The number of carbonyl (C=O) groups excluding carboxylic acids is 3. The Kier molecular flexibility index (Phi) is 6.60. The molecular formula is C16H26N2O5. The third kappa shape index (κ3) is 5.92. The lowest BCUT2D eigenvalue weighted by Gasteiger charge is -2.40. The molecule has 2 amide bonds. The third-order valence-electron chi connectivity index (χ3n) is 3.38. The molecule has 7 heteroatoms. The summed E-state index contributed by atoms with van der Waals surface area (Å²) in [6.45, 7) is 7.74. The van der Waals surface area contributed by atoms with Gasteiger partial charge in [-0.15, -0.1) is 0 Å². The van der Waals surface area contributed by atoms with Gasteiger partial charge in [0.2, 0.25) is 5.91 Å². The highest BCUT2D eigenvalue weighted by atomic mass is 16.6. The molecule has 1 aliphatic heterocycles. The lowest BCUT2D eigenvalue weighted by molar-refractivity contribution is -0.135. The van der Waals surface area contributed by atoms with E-state index in [1.807, 2.05) is 6.92 Å². The quantitative estimate of drug-likeness (QED) is 0.613. The highest BCUT2D eigenvalue weighted by molar-refractivity contribution is 5.88. The fourth-order valence-corrected chi connectivity index (χ4v) is 2.03. The van der Waals surface area contributed by atoms with Crippen LogP contribution >= 0.6 is 0 Å². The number of likely N-dealkylation sites (tertiary alicyclic amines) is 1. The van der Waals surface area contributed by atoms with Crippen LogP contribution in [0.25, 0.3) is 0 Å². The van der Waals surface area contributed by atoms with Crippen LogP contribution in [0.3, 0.4) is 0 Å². The van der Waals surface area contributed by atoms with E-state index in [0.717, 1.165) is 0 Å². The summed E-state index contributed by atoms with van der Waals surface area (Å²) in [4.78, 5) is 36.8. The van der Waals surface area contributed by atoms with Crippen LogP contribution in [0.4, 0.5) is 4.79 Å². The average molecular weight is 326 g/mol. The van der Waals surface area contributed by atoms with Crippen molar-refractivity contribution in [2.24, 2.45) is 0 Å². The summed E-state index contributed by atoms with van der Waals surface area (Å²) in [6, 6.07) is -0.812. The summed E-state index contributed by atoms with van der Waals surface area (Å²) in [6.07, 6.45) is 3.60. The van der Waals surface area contributed by atoms with Crippen molar-refractivity contribution in [1.82, 2.24) is 10.2 Å². The van der Waals surface area contributed by atoms with Crippen molar-refractivity contribution in [2.45, 2.75) is 58.2 Å². The van der Waals surface area contributed by atoms with Gasteiger partial charge in [0, 0.05) is 18.7 Å². The molecule has 23 heavy (non-hydrogen) atoms. The van der Waals surface area contributed by atoms with Gasteiger partial charge >= 0.3 is 12.1 Å². The van der Waals surface area contributed by atoms with Gasteiger partial charge in [0.1, 0.15) is 11.6 Å². The molecule has 0 radical (unpaired) electrons. The van der Waals surface area contributed by atoms with E-state index in [1.54, 1.807) is 26.8 Å². The number of nitrogens with one attached hydrogen (secondary N) is 1. The molecule has 1 fully saturated rings. The Labute approximate surface area is 137 Å². The van der Waals surface area contributed by atoms with E-state index >= 15 is 0 Å². The van der Waals surface area contributed by atoms with Gasteiger partial charge in [0.05, 0.1) is 7.11 Å². The highest BCUT2D eigenvalue weighted by Gasteiger charge is 2.40. The number of ether oxygens (including phenoxy) is 2. The van der Waals surface area contributed by atoms with Crippen molar-refractivity contribution in [3.63, 3.8) is 0 Å². The monoisotopic (exact) mass is 326 g/mol. The second-order valence-corrected chi connectivity index (χ2v) is 6.38. The molecule has 0 aromatic carbocycles. The van der Waals surface area contributed by atoms with E-state index in [9.17, 15) is 14.4 Å². The smallest absolute Gasteiger partial charge is 0.410 e. The number of hydrogen-bond donors (Lipinski definition) is 1. The predicted octanol–water partition coefficient (Wildman–Crippen LogP) is 1.62. The largest absolute Gasteiger partial charge is 0.466 e. The van der Waals surface area contributed by atoms with Crippen molar-refractivity contribution in [3.8, 4) is 0 Å². The number of hydrogen-bond acceptors (Lipinski definition) is 5. The minimum atomic E-state index is -0.594. The summed E-state index contributed by atoms with van der Waals surface area (Å²) in [5.74, 6) is -0.722. The summed E-state index contributed by atoms with van der Waals surface area (Å²) < 4.78 is 9.80. The van der Waals surface area contributed by atoms with E-state index in [0.29, 0.717) is 19.4 Å². The van der Waals surface area contributed by atoms with Gasteiger partial charge in [-0.1, -0.05) is 13.0 Å². The van der Waals surface area contributed by atoms with Crippen molar-refractivity contribution in [2.75, 3.05) is 13.7 Å². The molecule has 7 nitrogen and oxygen atoms in total. The summed E-state index contributed by atoms with van der Waals surface area (Å²) >= 11 is 0.